The van der Waals surface area contributed by atoms with Crippen molar-refractivity contribution in [2.45, 2.75) is 30.5 Å². The summed E-state index contributed by atoms with van der Waals surface area (Å²) in [7, 11) is 0. The fourth-order valence-corrected chi connectivity index (χ4v) is 2.38. The van der Waals surface area contributed by atoms with Gasteiger partial charge in [-0.2, -0.15) is 13.2 Å². The molecule has 1 aromatic rings. The SMILES string of the molecule is NC1CC(C(=O)O)(c2ccncc2C(F)(F)F)C1. The lowest BCUT2D eigenvalue weighted by atomic mass is 9.61. The van der Waals surface area contributed by atoms with Crippen molar-refractivity contribution in [1.82, 2.24) is 4.98 Å². The Kier molecular flexibility index (Phi) is 2.81. The third-order valence-corrected chi connectivity index (χ3v) is 3.27. The molecule has 0 aromatic carbocycles. The molecule has 0 atom stereocenters. The summed E-state index contributed by atoms with van der Waals surface area (Å²) in [6.07, 6.45) is -2.78. The topological polar surface area (TPSA) is 76.2 Å². The third-order valence-electron chi connectivity index (χ3n) is 3.27. The molecule has 0 spiro atoms. The summed E-state index contributed by atoms with van der Waals surface area (Å²) in [5.74, 6) is -1.28. The number of carbonyl (C=O) groups is 1. The number of aliphatic carboxylic acids is 1. The molecule has 98 valence electrons. The highest BCUT2D eigenvalue weighted by atomic mass is 19.4. The second kappa shape index (κ2) is 3.94. The third kappa shape index (κ3) is 1.84. The van der Waals surface area contributed by atoms with Gasteiger partial charge in [0.1, 0.15) is 0 Å². The Bertz CT molecular complexity index is 481. The Labute approximate surface area is 101 Å². The van der Waals surface area contributed by atoms with Gasteiger partial charge < -0.3 is 10.8 Å². The van der Waals surface area contributed by atoms with Crippen LogP contribution in [0.2, 0.25) is 0 Å². The first kappa shape index (κ1) is 12.8. The fourth-order valence-electron chi connectivity index (χ4n) is 2.38. The van der Waals surface area contributed by atoms with Crippen molar-refractivity contribution in [3.63, 3.8) is 0 Å². The van der Waals surface area contributed by atoms with Gasteiger partial charge in [0.25, 0.3) is 0 Å². The molecule has 18 heavy (non-hydrogen) atoms. The number of nitrogens with zero attached hydrogens (tertiary/aromatic N) is 1. The summed E-state index contributed by atoms with van der Waals surface area (Å²) in [6.45, 7) is 0. The maximum absolute atomic E-state index is 12.8. The Balaban J connectivity index is 2.54. The van der Waals surface area contributed by atoms with Crippen molar-refractivity contribution in [3.8, 4) is 0 Å². The van der Waals surface area contributed by atoms with Gasteiger partial charge in [-0.15, -0.1) is 0 Å². The number of halogens is 3. The maximum atomic E-state index is 12.8. The molecule has 2 rings (SSSR count). The normalized spacial score (nSPS) is 27.7. The van der Waals surface area contributed by atoms with Crippen molar-refractivity contribution in [3.05, 3.63) is 29.6 Å². The number of hydrogen-bond donors (Lipinski definition) is 2. The van der Waals surface area contributed by atoms with Crippen LogP contribution in [0, 0.1) is 0 Å². The summed E-state index contributed by atoms with van der Waals surface area (Å²) in [6, 6.07) is 0.735. The van der Waals surface area contributed by atoms with E-state index in [1.54, 1.807) is 0 Å². The molecule has 0 saturated heterocycles. The van der Waals surface area contributed by atoms with Gasteiger partial charge in [0, 0.05) is 18.4 Å². The van der Waals surface area contributed by atoms with Gasteiger partial charge in [0.05, 0.1) is 11.0 Å². The van der Waals surface area contributed by atoms with Gasteiger partial charge in [-0.1, -0.05) is 0 Å². The minimum atomic E-state index is -4.62. The van der Waals surface area contributed by atoms with Crippen molar-refractivity contribution in [2.24, 2.45) is 5.73 Å². The monoisotopic (exact) mass is 260 g/mol. The quantitative estimate of drug-likeness (QED) is 0.845. The summed E-state index contributed by atoms with van der Waals surface area (Å²) in [4.78, 5) is 14.7. The van der Waals surface area contributed by atoms with Crippen LogP contribution >= 0.6 is 0 Å². The van der Waals surface area contributed by atoms with Crippen molar-refractivity contribution in [1.29, 1.82) is 0 Å². The second-order valence-electron chi connectivity index (χ2n) is 4.47. The number of carboxylic acids is 1. The van der Waals surface area contributed by atoms with Gasteiger partial charge in [0.15, 0.2) is 0 Å². The first-order chi connectivity index (χ1) is 8.27. The zero-order chi connectivity index (χ0) is 13.6. The van der Waals surface area contributed by atoms with Crippen LogP contribution in [-0.2, 0) is 16.4 Å². The van der Waals surface area contributed by atoms with E-state index in [1.807, 2.05) is 0 Å². The predicted molar refractivity (Wildman–Crippen MR) is 55.8 cm³/mol. The molecule has 4 nitrogen and oxygen atoms in total. The zero-order valence-electron chi connectivity index (χ0n) is 9.24. The Morgan fingerprint density at radius 2 is 2.11 bits per heavy atom. The van der Waals surface area contributed by atoms with Gasteiger partial charge in [0.2, 0.25) is 0 Å². The van der Waals surface area contributed by atoms with Crippen LogP contribution < -0.4 is 5.73 Å². The molecule has 1 aliphatic carbocycles. The van der Waals surface area contributed by atoms with Crippen LogP contribution in [0.3, 0.4) is 0 Å². The standard InChI is InChI=1S/C11H11F3N2O2/c12-11(13,14)8-5-16-2-1-7(8)10(9(17)18)3-6(15)4-10/h1-2,5-6H,3-4,15H2,(H,17,18). The predicted octanol–water partition coefficient (Wildman–Crippen LogP) is 1.54. The van der Waals surface area contributed by atoms with E-state index in [0.717, 1.165) is 6.07 Å². The molecule has 1 aliphatic rings. The van der Waals surface area contributed by atoms with Gasteiger partial charge >= 0.3 is 12.1 Å². The zero-order valence-corrected chi connectivity index (χ0v) is 9.24. The van der Waals surface area contributed by atoms with Gasteiger partial charge in [-0.25, -0.2) is 0 Å². The number of rotatable bonds is 2. The molecule has 1 aromatic heterocycles. The Hall–Kier alpha value is -1.63. The lowest BCUT2D eigenvalue weighted by molar-refractivity contribution is -0.150. The molecule has 0 bridgehead atoms. The van der Waals surface area contributed by atoms with Crippen LogP contribution in [0.4, 0.5) is 13.2 Å². The fraction of sp³-hybridized carbons (Fsp3) is 0.455. The van der Waals surface area contributed by atoms with Crippen LogP contribution in [0.25, 0.3) is 0 Å². The second-order valence-corrected chi connectivity index (χ2v) is 4.47. The van der Waals surface area contributed by atoms with E-state index in [0.29, 0.717) is 6.20 Å². The molecule has 0 unspecified atom stereocenters. The first-order valence-electron chi connectivity index (χ1n) is 5.28. The van der Waals surface area contributed by atoms with Crippen molar-refractivity contribution < 1.29 is 23.1 Å². The number of alkyl halides is 3. The maximum Gasteiger partial charge on any atom is 0.418 e. The van der Waals surface area contributed by atoms with Crippen LogP contribution in [-0.4, -0.2) is 22.1 Å². The highest BCUT2D eigenvalue weighted by Crippen LogP contribution is 2.47. The van der Waals surface area contributed by atoms with Crippen LogP contribution in [0.1, 0.15) is 24.0 Å². The number of nitrogens with two attached hydrogens (primary N) is 1. The summed E-state index contributed by atoms with van der Waals surface area (Å²) < 4.78 is 38.5. The first-order valence-corrected chi connectivity index (χ1v) is 5.28. The van der Waals surface area contributed by atoms with E-state index < -0.39 is 23.1 Å². The molecule has 0 radical (unpaired) electrons. The Morgan fingerprint density at radius 1 is 1.50 bits per heavy atom. The molecular formula is C11H11F3N2O2. The van der Waals surface area contributed by atoms with E-state index in [2.05, 4.69) is 4.98 Å². The van der Waals surface area contributed by atoms with Crippen LogP contribution in [0.5, 0.6) is 0 Å². The average Bonchev–Trinajstić information content (AvgIpc) is 2.23. The van der Waals surface area contributed by atoms with E-state index in [1.165, 1.54) is 6.20 Å². The lowest BCUT2D eigenvalue weighted by Crippen LogP contribution is -2.54. The molecular weight excluding hydrogens is 249 g/mol. The lowest BCUT2D eigenvalue weighted by Gasteiger charge is -2.43. The number of hydrogen-bond acceptors (Lipinski definition) is 3. The van der Waals surface area contributed by atoms with E-state index in [-0.39, 0.29) is 24.4 Å². The summed E-state index contributed by atoms with van der Waals surface area (Å²) in [5, 5.41) is 9.20. The van der Waals surface area contributed by atoms with Gasteiger partial charge in [-0.05, 0) is 24.5 Å². The smallest absolute Gasteiger partial charge is 0.418 e. The van der Waals surface area contributed by atoms with Crippen molar-refractivity contribution in [2.75, 3.05) is 0 Å². The molecule has 1 saturated carbocycles. The largest absolute Gasteiger partial charge is 0.481 e. The molecule has 3 N–H and O–H groups in total. The summed E-state index contributed by atoms with van der Waals surface area (Å²) >= 11 is 0. The molecule has 1 fully saturated rings. The average molecular weight is 260 g/mol. The number of carboxylic acid groups (broad SMARTS) is 1. The summed E-state index contributed by atoms with van der Waals surface area (Å²) in [5.41, 5.74) is 2.74. The Morgan fingerprint density at radius 3 is 2.56 bits per heavy atom. The van der Waals surface area contributed by atoms with E-state index in [4.69, 9.17) is 5.73 Å². The van der Waals surface area contributed by atoms with Crippen molar-refractivity contribution >= 4 is 5.97 Å². The molecule has 7 heteroatoms. The van der Waals surface area contributed by atoms with E-state index >= 15 is 0 Å². The molecule has 0 aliphatic heterocycles. The highest BCUT2D eigenvalue weighted by Gasteiger charge is 2.53. The minimum absolute atomic E-state index is 0.00935. The molecule has 1 heterocycles. The molecule has 0 amide bonds. The van der Waals surface area contributed by atoms with E-state index in [9.17, 15) is 23.1 Å². The number of pyridine rings is 1. The minimum Gasteiger partial charge on any atom is -0.481 e. The number of aromatic nitrogens is 1. The van der Waals surface area contributed by atoms with Gasteiger partial charge in [-0.3, -0.25) is 9.78 Å². The van der Waals surface area contributed by atoms with Crippen LogP contribution in [0.15, 0.2) is 18.5 Å². The highest BCUT2D eigenvalue weighted by molar-refractivity contribution is 5.83.